The fourth-order valence-electron chi connectivity index (χ4n) is 6.78. The van der Waals surface area contributed by atoms with Gasteiger partial charge in [-0.3, -0.25) is 0 Å². The third-order valence-electron chi connectivity index (χ3n) is 8.82. The lowest BCUT2D eigenvalue weighted by Crippen LogP contribution is -2.09. The molecule has 3 nitrogen and oxygen atoms in total. The van der Waals surface area contributed by atoms with Crippen LogP contribution in [0.2, 0.25) is 0 Å². The first-order valence-corrected chi connectivity index (χ1v) is 15.6. The number of rotatable bonds is 3. The Morgan fingerprint density at radius 3 is 2.00 bits per heavy atom. The molecule has 0 aliphatic heterocycles. The van der Waals surface area contributed by atoms with Crippen LogP contribution in [0.3, 0.4) is 0 Å². The Labute approximate surface area is 255 Å². The highest BCUT2D eigenvalue weighted by Gasteiger charge is 2.19. The highest BCUT2D eigenvalue weighted by Crippen LogP contribution is 2.45. The van der Waals surface area contributed by atoms with Crippen molar-refractivity contribution in [3.63, 3.8) is 0 Å². The summed E-state index contributed by atoms with van der Waals surface area (Å²) in [5.74, 6) is 0. The average molecular weight is 582 g/mol. The van der Waals surface area contributed by atoms with Crippen molar-refractivity contribution >= 4 is 103 Å². The molecule has 3 heterocycles. The second-order valence-electron chi connectivity index (χ2n) is 11.3. The lowest BCUT2D eigenvalue weighted by molar-refractivity contribution is 0.669. The molecule has 44 heavy (non-hydrogen) atoms. The molecule has 0 saturated heterocycles. The molecule has 3 aromatic heterocycles. The van der Waals surface area contributed by atoms with Crippen molar-refractivity contribution in [3.8, 4) is 0 Å². The quantitative estimate of drug-likeness (QED) is 0.208. The summed E-state index contributed by atoms with van der Waals surface area (Å²) in [5.41, 5.74) is 6.86. The first kappa shape index (κ1) is 23.9. The minimum atomic E-state index is 0.878. The monoisotopic (exact) mass is 581 g/mol. The number of hydrogen-bond acceptors (Lipinski definition) is 4. The molecule has 0 radical (unpaired) electrons. The zero-order valence-electron chi connectivity index (χ0n) is 23.5. The van der Waals surface area contributed by atoms with E-state index in [2.05, 4.69) is 132 Å². The number of nitrogens with zero attached hydrogens (tertiary/aromatic N) is 1. The van der Waals surface area contributed by atoms with E-state index in [1.54, 1.807) is 0 Å². The molecule has 0 fully saturated rings. The van der Waals surface area contributed by atoms with Crippen LogP contribution in [0.1, 0.15) is 0 Å². The van der Waals surface area contributed by atoms with Crippen LogP contribution in [0, 0.1) is 0 Å². The lowest BCUT2D eigenvalue weighted by atomic mass is 10.0. The second kappa shape index (κ2) is 8.96. The summed E-state index contributed by atoms with van der Waals surface area (Å²) in [4.78, 5) is 2.31. The molecule has 0 bridgehead atoms. The van der Waals surface area contributed by atoms with E-state index in [4.69, 9.17) is 8.83 Å². The van der Waals surface area contributed by atoms with Crippen molar-refractivity contribution < 1.29 is 8.83 Å². The molecule has 0 spiro atoms. The van der Waals surface area contributed by atoms with Gasteiger partial charge in [-0.15, -0.1) is 11.3 Å². The minimum absolute atomic E-state index is 0.878. The van der Waals surface area contributed by atoms with E-state index in [0.717, 1.165) is 60.9 Å². The third kappa shape index (κ3) is 3.43. The normalized spacial score (nSPS) is 12.1. The van der Waals surface area contributed by atoms with Crippen LogP contribution in [0.4, 0.5) is 17.1 Å². The van der Waals surface area contributed by atoms with E-state index in [1.807, 2.05) is 23.5 Å². The van der Waals surface area contributed by atoms with Crippen LogP contribution in [-0.4, -0.2) is 0 Å². The molecule has 4 heteroatoms. The van der Waals surface area contributed by atoms with Gasteiger partial charge < -0.3 is 13.7 Å². The maximum absolute atomic E-state index is 6.67. The fraction of sp³-hybridized carbons (Fsp3) is 0. The van der Waals surface area contributed by atoms with Gasteiger partial charge in [0.2, 0.25) is 0 Å². The minimum Gasteiger partial charge on any atom is -0.456 e. The van der Waals surface area contributed by atoms with Gasteiger partial charge in [-0.25, -0.2) is 0 Å². The zero-order chi connectivity index (χ0) is 28.8. The Balaban J connectivity index is 1.22. The van der Waals surface area contributed by atoms with Gasteiger partial charge in [-0.2, -0.15) is 0 Å². The standard InChI is InChI=1S/C40H23NO2S/c1-2-10-26(11-3-1)41(28-14-16-30-29-12-6-7-13-34(29)42-36(30)23-28)27-15-18-37-33(22-27)39-38(44-37)19-17-31-32-20-24-8-4-5-9-25(24)21-35(32)43-40(31)39/h1-23H. The number of hydrogen-bond donors (Lipinski definition) is 0. The molecule has 10 aromatic rings. The van der Waals surface area contributed by atoms with E-state index < -0.39 is 0 Å². The highest BCUT2D eigenvalue weighted by atomic mass is 32.1. The summed E-state index contributed by atoms with van der Waals surface area (Å²) in [6.45, 7) is 0. The van der Waals surface area contributed by atoms with Crippen LogP contribution in [-0.2, 0) is 0 Å². The smallest absolute Gasteiger partial charge is 0.144 e. The predicted molar refractivity (Wildman–Crippen MR) is 186 cm³/mol. The van der Waals surface area contributed by atoms with Crippen molar-refractivity contribution in [2.75, 3.05) is 4.90 Å². The molecule has 0 saturated carbocycles. The number of anilines is 3. The maximum atomic E-state index is 6.67. The Kier molecular flexibility index (Phi) is 4.87. The van der Waals surface area contributed by atoms with Gasteiger partial charge in [-0.1, -0.05) is 60.7 Å². The molecule has 0 N–H and O–H groups in total. The molecular formula is C40H23NO2S. The van der Waals surface area contributed by atoms with E-state index in [0.29, 0.717) is 0 Å². The summed E-state index contributed by atoms with van der Waals surface area (Å²) in [6, 6.07) is 49.4. The molecule has 0 aliphatic carbocycles. The largest absolute Gasteiger partial charge is 0.456 e. The summed E-state index contributed by atoms with van der Waals surface area (Å²) < 4.78 is 15.4. The van der Waals surface area contributed by atoms with Crippen LogP contribution in [0.5, 0.6) is 0 Å². The Hall–Kier alpha value is -5.58. The molecular weight excluding hydrogens is 559 g/mol. The summed E-state index contributed by atoms with van der Waals surface area (Å²) in [5, 5.41) is 9.34. The van der Waals surface area contributed by atoms with Crippen molar-refractivity contribution in [1.82, 2.24) is 0 Å². The van der Waals surface area contributed by atoms with Gasteiger partial charge in [0.05, 0.1) is 0 Å². The van der Waals surface area contributed by atoms with Gasteiger partial charge in [0.15, 0.2) is 0 Å². The van der Waals surface area contributed by atoms with Crippen molar-refractivity contribution in [1.29, 1.82) is 0 Å². The van der Waals surface area contributed by atoms with Crippen LogP contribution in [0.25, 0.3) is 74.8 Å². The molecule has 0 unspecified atom stereocenters. The topological polar surface area (TPSA) is 29.5 Å². The Bertz CT molecular complexity index is 2730. The summed E-state index contributed by atoms with van der Waals surface area (Å²) in [7, 11) is 0. The summed E-state index contributed by atoms with van der Waals surface area (Å²) >= 11 is 1.81. The van der Waals surface area contributed by atoms with E-state index in [9.17, 15) is 0 Å². The number of para-hydroxylation sites is 2. The van der Waals surface area contributed by atoms with Crippen LogP contribution in [0.15, 0.2) is 148 Å². The van der Waals surface area contributed by atoms with E-state index >= 15 is 0 Å². The molecule has 0 aliphatic rings. The van der Waals surface area contributed by atoms with Crippen LogP contribution < -0.4 is 4.90 Å². The number of furan rings is 2. The molecule has 206 valence electrons. The van der Waals surface area contributed by atoms with Gasteiger partial charge >= 0.3 is 0 Å². The predicted octanol–water partition coefficient (Wildman–Crippen LogP) is 12.5. The molecule has 7 aromatic carbocycles. The average Bonchev–Trinajstić information content (AvgIpc) is 3.74. The second-order valence-corrected chi connectivity index (χ2v) is 12.4. The first-order chi connectivity index (χ1) is 21.8. The maximum Gasteiger partial charge on any atom is 0.144 e. The van der Waals surface area contributed by atoms with Crippen LogP contribution >= 0.6 is 11.3 Å². The fourth-order valence-corrected chi connectivity index (χ4v) is 7.87. The Morgan fingerprint density at radius 1 is 0.409 bits per heavy atom. The van der Waals surface area contributed by atoms with Crippen molar-refractivity contribution in [3.05, 3.63) is 140 Å². The van der Waals surface area contributed by atoms with Gasteiger partial charge in [0.25, 0.3) is 0 Å². The Morgan fingerprint density at radius 2 is 1.09 bits per heavy atom. The molecule has 0 atom stereocenters. The summed E-state index contributed by atoms with van der Waals surface area (Å²) in [6.07, 6.45) is 0. The van der Waals surface area contributed by atoms with Gasteiger partial charge in [0, 0.05) is 64.8 Å². The SMILES string of the molecule is c1ccc(N(c2ccc3c(c2)oc2ccccc23)c2ccc3sc4ccc5c6cc7ccccc7cc6oc5c4c3c2)cc1. The third-order valence-corrected chi connectivity index (χ3v) is 9.95. The van der Waals surface area contributed by atoms with Crippen molar-refractivity contribution in [2.24, 2.45) is 0 Å². The zero-order valence-corrected chi connectivity index (χ0v) is 24.3. The lowest BCUT2D eigenvalue weighted by Gasteiger charge is -2.25. The number of benzene rings is 7. The van der Waals surface area contributed by atoms with Gasteiger partial charge in [-0.05, 0) is 83.6 Å². The highest BCUT2D eigenvalue weighted by molar-refractivity contribution is 7.26. The molecule has 10 rings (SSSR count). The molecule has 0 amide bonds. The first-order valence-electron chi connectivity index (χ1n) is 14.8. The van der Waals surface area contributed by atoms with E-state index in [-0.39, 0.29) is 0 Å². The van der Waals surface area contributed by atoms with E-state index in [1.165, 1.54) is 30.9 Å². The van der Waals surface area contributed by atoms with Crippen molar-refractivity contribution in [2.45, 2.75) is 0 Å². The number of fused-ring (bicyclic) bond motifs is 11. The number of thiophene rings is 1. The van der Waals surface area contributed by atoms with Gasteiger partial charge in [0.1, 0.15) is 22.3 Å².